The SMILES string of the molecule is Cc1ccc(CN(Cc2ccc(C#N)o2)C(=O)c2c(C)c(C)nc3cccnc23)cc1. The first kappa shape index (κ1) is 20.3. The normalized spacial score (nSPS) is 10.8. The number of amides is 1. The van der Waals surface area contributed by atoms with Crippen LogP contribution in [0.2, 0.25) is 0 Å². The van der Waals surface area contributed by atoms with Crippen molar-refractivity contribution in [3.05, 3.63) is 94.2 Å². The average molecular weight is 410 g/mol. The summed E-state index contributed by atoms with van der Waals surface area (Å²) in [6.07, 6.45) is 1.67. The number of benzene rings is 1. The zero-order valence-corrected chi connectivity index (χ0v) is 17.7. The minimum Gasteiger partial charge on any atom is -0.449 e. The van der Waals surface area contributed by atoms with E-state index >= 15 is 0 Å². The van der Waals surface area contributed by atoms with Crippen LogP contribution in [0.5, 0.6) is 0 Å². The fraction of sp³-hybridized carbons (Fsp3) is 0.200. The van der Waals surface area contributed by atoms with Gasteiger partial charge < -0.3 is 9.32 Å². The number of hydrogen-bond donors (Lipinski definition) is 0. The van der Waals surface area contributed by atoms with Gasteiger partial charge in [0.2, 0.25) is 5.76 Å². The molecule has 0 fully saturated rings. The average Bonchev–Trinajstić information content (AvgIpc) is 3.23. The molecule has 0 saturated heterocycles. The molecule has 0 bridgehead atoms. The van der Waals surface area contributed by atoms with Crippen LogP contribution < -0.4 is 0 Å². The van der Waals surface area contributed by atoms with Crippen molar-refractivity contribution in [1.29, 1.82) is 5.26 Å². The van der Waals surface area contributed by atoms with Crippen LogP contribution in [-0.2, 0) is 13.1 Å². The van der Waals surface area contributed by atoms with E-state index in [1.165, 1.54) is 0 Å². The van der Waals surface area contributed by atoms with E-state index in [2.05, 4.69) is 9.97 Å². The van der Waals surface area contributed by atoms with E-state index < -0.39 is 0 Å². The van der Waals surface area contributed by atoms with Crippen molar-refractivity contribution in [2.45, 2.75) is 33.9 Å². The molecule has 1 aromatic carbocycles. The molecular weight excluding hydrogens is 388 g/mol. The molecule has 3 aromatic heterocycles. The zero-order chi connectivity index (χ0) is 22.0. The summed E-state index contributed by atoms with van der Waals surface area (Å²) in [5.41, 5.74) is 5.58. The Morgan fingerprint density at radius 3 is 2.55 bits per heavy atom. The second kappa shape index (κ2) is 8.41. The number of pyridine rings is 2. The van der Waals surface area contributed by atoms with Crippen LogP contribution in [0.15, 0.2) is 59.1 Å². The maximum atomic E-state index is 13.8. The van der Waals surface area contributed by atoms with E-state index in [1.54, 1.807) is 23.2 Å². The van der Waals surface area contributed by atoms with Crippen molar-refractivity contribution >= 4 is 16.9 Å². The van der Waals surface area contributed by atoms with Crippen LogP contribution in [-0.4, -0.2) is 20.8 Å². The first-order chi connectivity index (χ1) is 15.0. The third kappa shape index (κ3) is 4.17. The van der Waals surface area contributed by atoms with Gasteiger partial charge in [-0.1, -0.05) is 29.8 Å². The molecule has 0 N–H and O–H groups in total. The van der Waals surface area contributed by atoms with E-state index in [9.17, 15) is 4.79 Å². The molecule has 0 spiro atoms. The summed E-state index contributed by atoms with van der Waals surface area (Å²) < 4.78 is 5.56. The van der Waals surface area contributed by atoms with Gasteiger partial charge in [-0.05, 0) is 56.2 Å². The van der Waals surface area contributed by atoms with Crippen LogP contribution in [0, 0.1) is 32.1 Å². The number of hydrogen-bond acceptors (Lipinski definition) is 5. The fourth-order valence-corrected chi connectivity index (χ4v) is 3.55. The monoisotopic (exact) mass is 410 g/mol. The van der Waals surface area contributed by atoms with Gasteiger partial charge in [-0.15, -0.1) is 0 Å². The number of aromatic nitrogens is 2. The topological polar surface area (TPSA) is 83.0 Å². The smallest absolute Gasteiger partial charge is 0.257 e. The Bertz CT molecular complexity index is 1300. The summed E-state index contributed by atoms with van der Waals surface area (Å²) in [5, 5.41) is 9.08. The fourth-order valence-electron chi connectivity index (χ4n) is 3.55. The molecule has 3 heterocycles. The predicted octanol–water partition coefficient (Wildman–Crippen LogP) is 4.86. The lowest BCUT2D eigenvalue weighted by Gasteiger charge is -2.24. The molecule has 31 heavy (non-hydrogen) atoms. The molecule has 0 radical (unpaired) electrons. The van der Waals surface area contributed by atoms with E-state index in [4.69, 9.17) is 9.68 Å². The first-order valence-corrected chi connectivity index (χ1v) is 10.0. The molecule has 4 aromatic rings. The van der Waals surface area contributed by atoms with Crippen LogP contribution in [0.3, 0.4) is 0 Å². The quantitative estimate of drug-likeness (QED) is 0.469. The maximum absolute atomic E-state index is 13.8. The van der Waals surface area contributed by atoms with E-state index in [-0.39, 0.29) is 18.2 Å². The molecular formula is C25H22N4O2. The summed E-state index contributed by atoms with van der Waals surface area (Å²) in [6, 6.07) is 17.1. The van der Waals surface area contributed by atoms with E-state index in [0.717, 1.165) is 22.4 Å². The molecule has 0 saturated carbocycles. The third-order valence-corrected chi connectivity index (χ3v) is 5.34. The van der Waals surface area contributed by atoms with Gasteiger partial charge in [0.1, 0.15) is 17.3 Å². The van der Waals surface area contributed by atoms with Gasteiger partial charge in [0.05, 0.1) is 17.6 Å². The lowest BCUT2D eigenvalue weighted by Crippen LogP contribution is -2.31. The number of carbonyl (C=O) groups is 1. The number of carbonyl (C=O) groups excluding carboxylic acids is 1. The molecule has 0 aliphatic rings. The molecule has 6 nitrogen and oxygen atoms in total. The van der Waals surface area contributed by atoms with Crippen molar-refractivity contribution in [3.8, 4) is 6.07 Å². The molecule has 154 valence electrons. The molecule has 0 aliphatic heterocycles. The van der Waals surface area contributed by atoms with Crippen LogP contribution in [0.4, 0.5) is 0 Å². The minimum absolute atomic E-state index is 0.151. The number of aryl methyl sites for hydroxylation is 2. The lowest BCUT2D eigenvalue weighted by molar-refractivity contribution is 0.0718. The Morgan fingerprint density at radius 2 is 1.84 bits per heavy atom. The summed E-state index contributed by atoms with van der Waals surface area (Å²) in [6.45, 7) is 6.46. The van der Waals surface area contributed by atoms with Crippen LogP contribution in [0.1, 0.15) is 44.3 Å². The molecule has 0 unspecified atom stereocenters. The van der Waals surface area contributed by atoms with E-state index in [1.807, 2.05) is 63.2 Å². The van der Waals surface area contributed by atoms with Gasteiger partial charge in [0.15, 0.2) is 0 Å². The van der Waals surface area contributed by atoms with Crippen molar-refractivity contribution in [2.75, 3.05) is 0 Å². The second-order valence-electron chi connectivity index (χ2n) is 7.59. The highest BCUT2D eigenvalue weighted by molar-refractivity contribution is 6.06. The molecule has 0 aliphatic carbocycles. The highest BCUT2D eigenvalue weighted by Gasteiger charge is 2.24. The van der Waals surface area contributed by atoms with Gasteiger partial charge in [-0.2, -0.15) is 5.26 Å². The Kier molecular flexibility index (Phi) is 5.50. The largest absolute Gasteiger partial charge is 0.449 e. The van der Waals surface area contributed by atoms with Gasteiger partial charge in [0, 0.05) is 18.4 Å². The van der Waals surface area contributed by atoms with Crippen molar-refractivity contribution < 1.29 is 9.21 Å². The van der Waals surface area contributed by atoms with E-state index in [0.29, 0.717) is 28.9 Å². The van der Waals surface area contributed by atoms with Gasteiger partial charge in [-0.25, -0.2) is 0 Å². The Labute approximate surface area is 180 Å². The number of rotatable bonds is 5. The Morgan fingerprint density at radius 1 is 1.06 bits per heavy atom. The predicted molar refractivity (Wildman–Crippen MR) is 117 cm³/mol. The molecule has 6 heteroatoms. The van der Waals surface area contributed by atoms with Crippen molar-refractivity contribution in [3.63, 3.8) is 0 Å². The highest BCUT2D eigenvalue weighted by Crippen LogP contribution is 2.25. The first-order valence-electron chi connectivity index (χ1n) is 10.0. The third-order valence-electron chi connectivity index (χ3n) is 5.34. The maximum Gasteiger partial charge on any atom is 0.257 e. The number of furan rings is 1. The summed E-state index contributed by atoms with van der Waals surface area (Å²) in [5.74, 6) is 0.626. The summed E-state index contributed by atoms with van der Waals surface area (Å²) in [4.78, 5) is 24.6. The molecule has 1 amide bonds. The standard InChI is InChI=1S/C25H22N4O2/c1-16-6-8-19(9-7-16)14-29(15-21-11-10-20(13-26)31-21)25(30)23-17(2)18(3)28-22-5-4-12-27-24(22)23/h4-12H,14-15H2,1-3H3. The zero-order valence-electron chi connectivity index (χ0n) is 17.7. The van der Waals surface area contributed by atoms with Crippen molar-refractivity contribution in [2.24, 2.45) is 0 Å². The minimum atomic E-state index is -0.151. The summed E-state index contributed by atoms with van der Waals surface area (Å²) >= 11 is 0. The van der Waals surface area contributed by atoms with Crippen LogP contribution in [0.25, 0.3) is 11.0 Å². The Balaban J connectivity index is 1.78. The number of fused-ring (bicyclic) bond motifs is 1. The lowest BCUT2D eigenvalue weighted by atomic mass is 10.0. The second-order valence-corrected chi connectivity index (χ2v) is 7.59. The summed E-state index contributed by atoms with van der Waals surface area (Å²) in [7, 11) is 0. The van der Waals surface area contributed by atoms with Crippen molar-refractivity contribution in [1.82, 2.24) is 14.9 Å². The Hall–Kier alpha value is -3.98. The van der Waals surface area contributed by atoms with Crippen LogP contribution >= 0.6 is 0 Å². The molecule has 0 atom stereocenters. The van der Waals surface area contributed by atoms with Gasteiger partial charge >= 0.3 is 0 Å². The number of nitrogens with zero attached hydrogens (tertiary/aromatic N) is 4. The highest BCUT2D eigenvalue weighted by atomic mass is 16.3. The molecule has 4 rings (SSSR count). The van der Waals surface area contributed by atoms with Gasteiger partial charge in [-0.3, -0.25) is 14.8 Å². The number of nitriles is 1. The van der Waals surface area contributed by atoms with Gasteiger partial charge in [0.25, 0.3) is 5.91 Å².